The van der Waals surface area contributed by atoms with E-state index in [1.807, 2.05) is 30.6 Å². The molecule has 0 aliphatic carbocycles. The zero-order chi connectivity index (χ0) is 20.0. The number of hydrogen-bond donors (Lipinski definition) is 1. The number of amides is 1. The summed E-state index contributed by atoms with van der Waals surface area (Å²) in [6.45, 7) is 2.75. The number of nitrogens with zero attached hydrogens (tertiary/aromatic N) is 3. The molecule has 3 rings (SSSR count). The molecule has 0 unspecified atom stereocenters. The molecule has 9 heteroatoms. The van der Waals surface area contributed by atoms with Crippen molar-refractivity contribution in [2.75, 3.05) is 37.6 Å². The van der Waals surface area contributed by atoms with Gasteiger partial charge in [-0.15, -0.1) is 0 Å². The number of nitriles is 1. The predicted octanol–water partition coefficient (Wildman–Crippen LogP) is 0.655. The Labute approximate surface area is 164 Å². The Balaban J connectivity index is 1.60. The monoisotopic (exact) mass is 400 g/mol. The first-order valence-electron chi connectivity index (χ1n) is 8.98. The Bertz CT molecular complexity index is 947. The molecule has 1 aromatic carbocycles. The van der Waals surface area contributed by atoms with Gasteiger partial charge in [0.05, 0.1) is 11.0 Å². The van der Waals surface area contributed by atoms with Crippen molar-refractivity contribution < 1.29 is 18.2 Å². The summed E-state index contributed by atoms with van der Waals surface area (Å²) in [6.07, 6.45) is 3.85. The molecule has 1 saturated heterocycles. The first-order chi connectivity index (χ1) is 13.5. The summed E-state index contributed by atoms with van der Waals surface area (Å²) >= 11 is 0. The summed E-state index contributed by atoms with van der Waals surface area (Å²) in [7, 11) is -3.67. The van der Waals surface area contributed by atoms with Crippen molar-refractivity contribution in [2.45, 2.75) is 11.3 Å². The second-order valence-electron chi connectivity index (χ2n) is 6.37. The predicted molar refractivity (Wildman–Crippen MR) is 103 cm³/mol. The molecular formula is C19H22N5O3S+. The highest BCUT2D eigenvalue weighted by Gasteiger charge is 2.23. The smallest absolute Gasteiger partial charge is 0.253 e. The zero-order valence-corrected chi connectivity index (χ0v) is 16.2. The number of piperazine rings is 1. The summed E-state index contributed by atoms with van der Waals surface area (Å²) in [5.74, 6) is -0.109. The van der Waals surface area contributed by atoms with Gasteiger partial charge in [0.25, 0.3) is 5.91 Å². The van der Waals surface area contributed by atoms with E-state index in [-0.39, 0.29) is 23.8 Å². The van der Waals surface area contributed by atoms with E-state index in [1.54, 1.807) is 4.90 Å². The second kappa shape index (κ2) is 8.82. The first-order valence-corrected chi connectivity index (χ1v) is 10.5. The fraction of sp³-hybridized carbons (Fsp3) is 0.316. The largest absolute Gasteiger partial charge is 0.368 e. The third kappa shape index (κ3) is 4.65. The molecule has 1 aliphatic rings. The van der Waals surface area contributed by atoms with Crippen molar-refractivity contribution in [3.8, 4) is 6.07 Å². The van der Waals surface area contributed by atoms with E-state index in [2.05, 4.69) is 14.6 Å². The van der Waals surface area contributed by atoms with Crippen LogP contribution in [0.25, 0.3) is 0 Å². The Morgan fingerprint density at radius 1 is 1.07 bits per heavy atom. The number of benzene rings is 1. The number of hydrogen-bond acceptors (Lipinski definition) is 5. The van der Waals surface area contributed by atoms with Crippen molar-refractivity contribution in [1.29, 1.82) is 5.26 Å². The lowest BCUT2D eigenvalue weighted by Crippen LogP contribution is -2.48. The second-order valence-corrected chi connectivity index (χ2v) is 8.13. The molecule has 1 aromatic heterocycles. The fourth-order valence-electron chi connectivity index (χ4n) is 3.04. The van der Waals surface area contributed by atoms with Crippen LogP contribution in [0.2, 0.25) is 0 Å². The fourth-order valence-corrected chi connectivity index (χ4v) is 4.07. The minimum absolute atomic E-state index is 0.0588. The maximum atomic E-state index is 12.7. The van der Waals surface area contributed by atoms with Gasteiger partial charge in [0.2, 0.25) is 10.0 Å². The van der Waals surface area contributed by atoms with E-state index in [4.69, 9.17) is 5.26 Å². The molecule has 0 radical (unpaired) electrons. The highest BCUT2D eigenvalue weighted by atomic mass is 32.2. The van der Waals surface area contributed by atoms with Gasteiger partial charge in [0, 0.05) is 62.5 Å². The average Bonchev–Trinajstić information content (AvgIpc) is 2.74. The van der Waals surface area contributed by atoms with E-state index in [0.717, 1.165) is 18.8 Å². The van der Waals surface area contributed by atoms with Gasteiger partial charge < -0.3 is 9.80 Å². The van der Waals surface area contributed by atoms with Crippen molar-refractivity contribution in [1.82, 2.24) is 9.62 Å². The minimum atomic E-state index is -3.67. The Kier molecular flexibility index (Phi) is 6.23. The van der Waals surface area contributed by atoms with E-state index in [0.29, 0.717) is 18.7 Å². The Morgan fingerprint density at radius 3 is 2.32 bits per heavy atom. The van der Waals surface area contributed by atoms with Gasteiger partial charge in [-0.1, -0.05) is 0 Å². The van der Waals surface area contributed by atoms with Crippen LogP contribution in [0.4, 0.5) is 5.69 Å². The number of carbonyl (C=O) groups is 1. The van der Waals surface area contributed by atoms with Gasteiger partial charge in [-0.2, -0.15) is 5.26 Å². The molecule has 0 spiro atoms. The summed E-state index contributed by atoms with van der Waals surface area (Å²) in [5, 5.41) is 8.50. The number of H-pyrrole nitrogens is 1. The lowest BCUT2D eigenvalue weighted by atomic mass is 10.2. The number of rotatable bonds is 6. The molecule has 1 amide bonds. The number of sulfonamides is 1. The highest BCUT2D eigenvalue weighted by molar-refractivity contribution is 7.89. The van der Waals surface area contributed by atoms with Crippen LogP contribution >= 0.6 is 0 Å². The normalized spacial score (nSPS) is 14.5. The van der Waals surface area contributed by atoms with Gasteiger partial charge in [-0.05, 0) is 24.3 Å². The van der Waals surface area contributed by atoms with Crippen LogP contribution in [0.5, 0.6) is 0 Å². The zero-order valence-electron chi connectivity index (χ0n) is 15.3. The van der Waals surface area contributed by atoms with Crippen LogP contribution in [0.1, 0.15) is 16.8 Å². The molecule has 2 aromatic rings. The van der Waals surface area contributed by atoms with Crippen molar-refractivity contribution >= 4 is 21.6 Å². The molecule has 146 valence electrons. The molecule has 2 heterocycles. The van der Waals surface area contributed by atoms with Crippen molar-refractivity contribution in [2.24, 2.45) is 0 Å². The molecule has 0 atom stereocenters. The van der Waals surface area contributed by atoms with Crippen molar-refractivity contribution in [3.63, 3.8) is 0 Å². The Morgan fingerprint density at radius 2 is 1.71 bits per heavy atom. The number of nitrogens with one attached hydrogen (secondary N) is 2. The molecule has 1 aliphatic heterocycles. The third-order valence-electron chi connectivity index (χ3n) is 4.57. The van der Waals surface area contributed by atoms with Crippen LogP contribution < -0.4 is 14.6 Å². The standard InChI is InChI=1S/C19H21N5O3S/c20-8-1-9-22-28(26,27)18-4-2-16(3-5-18)19(25)24-14-12-23(13-15-24)17-6-10-21-11-7-17/h2-7,10-11,22H,1,9,12-15H2/p+1. The van der Waals surface area contributed by atoms with Gasteiger partial charge in [0.15, 0.2) is 12.4 Å². The molecule has 0 saturated carbocycles. The highest BCUT2D eigenvalue weighted by Crippen LogP contribution is 2.17. The average molecular weight is 400 g/mol. The molecular weight excluding hydrogens is 378 g/mol. The summed E-state index contributed by atoms with van der Waals surface area (Å²) in [6, 6.07) is 11.8. The quantitative estimate of drug-likeness (QED) is 0.717. The molecule has 0 bridgehead atoms. The lowest BCUT2D eigenvalue weighted by molar-refractivity contribution is -0.377. The number of pyridine rings is 1. The lowest BCUT2D eigenvalue weighted by Gasteiger charge is -2.35. The van der Waals surface area contributed by atoms with Crippen LogP contribution in [-0.2, 0) is 10.0 Å². The van der Waals surface area contributed by atoms with Crippen LogP contribution in [0.15, 0.2) is 53.7 Å². The van der Waals surface area contributed by atoms with E-state index >= 15 is 0 Å². The maximum absolute atomic E-state index is 12.7. The molecule has 28 heavy (non-hydrogen) atoms. The van der Waals surface area contributed by atoms with Gasteiger partial charge in [0.1, 0.15) is 0 Å². The van der Waals surface area contributed by atoms with E-state index in [9.17, 15) is 13.2 Å². The summed E-state index contributed by atoms with van der Waals surface area (Å²) in [5.41, 5.74) is 1.57. The van der Waals surface area contributed by atoms with E-state index in [1.165, 1.54) is 24.3 Å². The number of carbonyl (C=O) groups excluding carboxylic acids is 1. The topological polar surface area (TPSA) is 108 Å². The SMILES string of the molecule is N#CCCNS(=O)(=O)c1ccc(C(=O)N2CCN(c3cc[nH+]cc3)CC2)cc1. The van der Waals surface area contributed by atoms with Gasteiger partial charge in [-0.3, -0.25) is 4.79 Å². The molecule has 1 fully saturated rings. The minimum Gasteiger partial charge on any atom is -0.368 e. The summed E-state index contributed by atoms with van der Waals surface area (Å²) < 4.78 is 26.6. The molecule has 2 N–H and O–H groups in total. The van der Waals surface area contributed by atoms with Crippen molar-refractivity contribution in [3.05, 3.63) is 54.4 Å². The Hall–Kier alpha value is -2.96. The van der Waals surface area contributed by atoms with Gasteiger partial charge >= 0.3 is 0 Å². The van der Waals surface area contributed by atoms with Gasteiger partial charge in [-0.25, -0.2) is 18.1 Å². The number of aromatic nitrogens is 1. The maximum Gasteiger partial charge on any atom is 0.253 e. The van der Waals surface area contributed by atoms with Crippen LogP contribution in [0.3, 0.4) is 0 Å². The van der Waals surface area contributed by atoms with Crippen LogP contribution in [-0.4, -0.2) is 51.9 Å². The van der Waals surface area contributed by atoms with E-state index < -0.39 is 10.0 Å². The third-order valence-corrected chi connectivity index (χ3v) is 6.05. The first kappa shape index (κ1) is 19.8. The summed E-state index contributed by atoms with van der Waals surface area (Å²) in [4.78, 5) is 19.8. The number of anilines is 1. The van der Waals surface area contributed by atoms with Crippen LogP contribution in [0, 0.1) is 11.3 Å². The number of aromatic amines is 1. The molecule has 8 nitrogen and oxygen atoms in total.